The Morgan fingerprint density at radius 3 is 2.53 bits per heavy atom. The summed E-state index contributed by atoms with van der Waals surface area (Å²) in [6.07, 6.45) is -0.651. The Hall–Kier alpha value is -1.83. The molecule has 8 nitrogen and oxygen atoms in total. The number of rotatable bonds is 4. The van der Waals surface area contributed by atoms with E-state index < -0.39 is 24.1 Å². The number of urea groups is 1. The van der Waals surface area contributed by atoms with Crippen molar-refractivity contribution in [1.29, 1.82) is 0 Å². The second kappa shape index (κ2) is 6.37. The van der Waals surface area contributed by atoms with Crippen LogP contribution in [0.2, 0.25) is 0 Å². The average molecular weight is 273 g/mol. The van der Waals surface area contributed by atoms with E-state index in [1.807, 2.05) is 0 Å². The van der Waals surface area contributed by atoms with Crippen LogP contribution in [0.15, 0.2) is 0 Å². The summed E-state index contributed by atoms with van der Waals surface area (Å²) in [5.41, 5.74) is 0. The standard InChI is InChI=1S/C11H19N3O5/c1-13(2)9(16)3-4-12-11(19)14-6-7(15)5-8(14)10(17)18/h7-8,15H,3-6H2,1-2H3,(H,12,19)(H,17,18)/t7-,8+/m1/s1. The molecule has 108 valence electrons. The molecular weight excluding hydrogens is 254 g/mol. The Morgan fingerprint density at radius 1 is 1.37 bits per heavy atom. The maximum Gasteiger partial charge on any atom is 0.326 e. The molecule has 0 saturated carbocycles. The highest BCUT2D eigenvalue weighted by Gasteiger charge is 2.38. The first kappa shape index (κ1) is 15.2. The fraction of sp³-hybridized carbons (Fsp3) is 0.727. The number of carboxylic acid groups (broad SMARTS) is 1. The van der Waals surface area contributed by atoms with E-state index in [2.05, 4.69) is 5.32 Å². The minimum atomic E-state index is -1.14. The third-order valence-corrected chi connectivity index (χ3v) is 2.94. The van der Waals surface area contributed by atoms with Crippen molar-refractivity contribution in [1.82, 2.24) is 15.1 Å². The number of amides is 3. The van der Waals surface area contributed by atoms with Crippen LogP contribution in [-0.4, -0.2) is 77.3 Å². The molecule has 0 aliphatic carbocycles. The van der Waals surface area contributed by atoms with E-state index in [0.29, 0.717) is 0 Å². The molecule has 1 saturated heterocycles. The van der Waals surface area contributed by atoms with Crippen molar-refractivity contribution in [2.24, 2.45) is 0 Å². The molecule has 0 aromatic rings. The maximum atomic E-state index is 11.8. The molecule has 0 unspecified atom stereocenters. The van der Waals surface area contributed by atoms with Crippen LogP contribution in [0.25, 0.3) is 0 Å². The Balaban J connectivity index is 2.44. The largest absolute Gasteiger partial charge is 0.480 e. The molecule has 1 fully saturated rings. The molecule has 3 N–H and O–H groups in total. The average Bonchev–Trinajstić information content (AvgIpc) is 2.71. The number of hydrogen-bond acceptors (Lipinski definition) is 4. The highest BCUT2D eigenvalue weighted by atomic mass is 16.4. The van der Waals surface area contributed by atoms with Gasteiger partial charge in [0.05, 0.1) is 6.10 Å². The van der Waals surface area contributed by atoms with Gasteiger partial charge >= 0.3 is 12.0 Å². The van der Waals surface area contributed by atoms with E-state index in [9.17, 15) is 19.5 Å². The molecular formula is C11H19N3O5. The lowest BCUT2D eigenvalue weighted by Crippen LogP contribution is -2.46. The number of hydrogen-bond donors (Lipinski definition) is 3. The molecule has 1 rings (SSSR count). The monoisotopic (exact) mass is 273 g/mol. The third kappa shape index (κ3) is 4.09. The number of aliphatic hydroxyl groups excluding tert-OH is 1. The van der Waals surface area contributed by atoms with Crippen LogP contribution in [0.4, 0.5) is 4.79 Å². The molecule has 8 heteroatoms. The van der Waals surface area contributed by atoms with Crippen LogP contribution < -0.4 is 5.32 Å². The number of carboxylic acids is 1. The number of nitrogens with one attached hydrogen (secondary N) is 1. The summed E-state index contributed by atoms with van der Waals surface area (Å²) in [6.45, 7) is 0.124. The smallest absolute Gasteiger partial charge is 0.326 e. The van der Waals surface area contributed by atoms with Crippen molar-refractivity contribution < 1.29 is 24.6 Å². The SMILES string of the molecule is CN(C)C(=O)CCNC(=O)N1C[C@H](O)C[C@H]1C(=O)O. The molecule has 3 amide bonds. The number of nitrogens with zero attached hydrogens (tertiary/aromatic N) is 2. The van der Waals surface area contributed by atoms with Crippen LogP contribution in [0.1, 0.15) is 12.8 Å². The Labute approximate surface area is 111 Å². The van der Waals surface area contributed by atoms with Gasteiger partial charge in [0.25, 0.3) is 0 Å². The van der Waals surface area contributed by atoms with E-state index in [-0.39, 0.29) is 31.8 Å². The Kier molecular flexibility index (Phi) is 5.11. The van der Waals surface area contributed by atoms with Gasteiger partial charge in [0.2, 0.25) is 5.91 Å². The van der Waals surface area contributed by atoms with E-state index in [1.165, 1.54) is 4.90 Å². The van der Waals surface area contributed by atoms with Gasteiger partial charge in [-0.2, -0.15) is 0 Å². The molecule has 0 aromatic heterocycles. The van der Waals surface area contributed by atoms with Gasteiger partial charge < -0.3 is 25.3 Å². The predicted molar refractivity (Wildman–Crippen MR) is 65.5 cm³/mol. The van der Waals surface area contributed by atoms with Crippen LogP contribution in [0, 0.1) is 0 Å². The van der Waals surface area contributed by atoms with E-state index >= 15 is 0 Å². The first-order valence-electron chi connectivity index (χ1n) is 5.98. The lowest BCUT2D eigenvalue weighted by Gasteiger charge is -2.21. The maximum absolute atomic E-state index is 11.8. The summed E-state index contributed by atoms with van der Waals surface area (Å²) in [6, 6.07) is -1.59. The molecule has 0 radical (unpaired) electrons. The fourth-order valence-corrected chi connectivity index (χ4v) is 1.87. The first-order chi connectivity index (χ1) is 8.82. The van der Waals surface area contributed by atoms with Gasteiger partial charge in [-0.15, -0.1) is 0 Å². The van der Waals surface area contributed by atoms with Crippen molar-refractivity contribution in [2.75, 3.05) is 27.2 Å². The van der Waals surface area contributed by atoms with Gasteiger partial charge in [-0.1, -0.05) is 0 Å². The topological polar surface area (TPSA) is 110 Å². The van der Waals surface area contributed by atoms with Crippen molar-refractivity contribution in [2.45, 2.75) is 25.0 Å². The van der Waals surface area contributed by atoms with Gasteiger partial charge in [0.15, 0.2) is 0 Å². The van der Waals surface area contributed by atoms with Crippen molar-refractivity contribution in [3.63, 3.8) is 0 Å². The summed E-state index contributed by atoms with van der Waals surface area (Å²) in [5.74, 6) is -1.27. The molecule has 1 heterocycles. The normalized spacial score (nSPS) is 22.2. The zero-order valence-electron chi connectivity index (χ0n) is 11.0. The second-order valence-corrected chi connectivity index (χ2v) is 4.67. The molecule has 0 spiro atoms. The number of carbonyl (C=O) groups excluding carboxylic acids is 2. The minimum Gasteiger partial charge on any atom is -0.480 e. The summed E-state index contributed by atoms with van der Waals surface area (Å²) in [4.78, 5) is 36.5. The highest BCUT2D eigenvalue weighted by molar-refractivity contribution is 5.84. The van der Waals surface area contributed by atoms with Gasteiger partial charge in [-0.05, 0) is 0 Å². The summed E-state index contributed by atoms with van der Waals surface area (Å²) >= 11 is 0. The molecule has 0 aromatic carbocycles. The second-order valence-electron chi connectivity index (χ2n) is 4.67. The van der Waals surface area contributed by atoms with Crippen LogP contribution in [-0.2, 0) is 9.59 Å². The lowest BCUT2D eigenvalue weighted by atomic mass is 10.2. The molecule has 2 atom stereocenters. The van der Waals surface area contributed by atoms with Crippen molar-refractivity contribution >= 4 is 17.9 Å². The number of likely N-dealkylation sites (tertiary alicyclic amines) is 1. The molecule has 1 aliphatic heterocycles. The van der Waals surface area contributed by atoms with Gasteiger partial charge in [-0.3, -0.25) is 4.79 Å². The molecule has 0 bridgehead atoms. The van der Waals surface area contributed by atoms with E-state index in [4.69, 9.17) is 5.11 Å². The summed E-state index contributed by atoms with van der Waals surface area (Å²) < 4.78 is 0. The Morgan fingerprint density at radius 2 is 2.00 bits per heavy atom. The molecule has 1 aliphatic rings. The van der Waals surface area contributed by atoms with Crippen LogP contribution in [0.3, 0.4) is 0 Å². The van der Waals surface area contributed by atoms with Gasteiger partial charge in [-0.25, -0.2) is 9.59 Å². The molecule has 19 heavy (non-hydrogen) atoms. The number of aliphatic carboxylic acids is 1. The van der Waals surface area contributed by atoms with Crippen molar-refractivity contribution in [3.8, 4) is 0 Å². The number of β-amino-alcohol motifs (C(OH)–C–C–N with tert-alkyl or cyclic N) is 1. The zero-order chi connectivity index (χ0) is 14.6. The van der Waals surface area contributed by atoms with Crippen LogP contribution >= 0.6 is 0 Å². The summed E-state index contributed by atoms with van der Waals surface area (Å²) in [7, 11) is 3.23. The number of carbonyl (C=O) groups is 3. The number of aliphatic hydroxyl groups is 1. The third-order valence-electron chi connectivity index (χ3n) is 2.94. The summed E-state index contributed by atoms with van der Waals surface area (Å²) in [5, 5.41) is 20.8. The first-order valence-corrected chi connectivity index (χ1v) is 5.98. The quantitative estimate of drug-likeness (QED) is 0.589. The van der Waals surface area contributed by atoms with E-state index in [0.717, 1.165) is 4.90 Å². The highest BCUT2D eigenvalue weighted by Crippen LogP contribution is 2.17. The predicted octanol–water partition coefficient (Wildman–Crippen LogP) is -1.31. The van der Waals surface area contributed by atoms with Gasteiger partial charge in [0, 0.05) is 40.0 Å². The van der Waals surface area contributed by atoms with Crippen LogP contribution in [0.5, 0.6) is 0 Å². The van der Waals surface area contributed by atoms with E-state index in [1.54, 1.807) is 14.1 Å². The minimum absolute atomic E-state index is 0.00950. The van der Waals surface area contributed by atoms with Crippen molar-refractivity contribution in [3.05, 3.63) is 0 Å². The fourth-order valence-electron chi connectivity index (χ4n) is 1.87. The lowest BCUT2D eigenvalue weighted by molar-refractivity contribution is -0.141. The Bertz CT molecular complexity index is 371. The zero-order valence-corrected chi connectivity index (χ0v) is 11.0. The van der Waals surface area contributed by atoms with Gasteiger partial charge in [0.1, 0.15) is 6.04 Å².